The van der Waals surface area contributed by atoms with E-state index in [0.29, 0.717) is 17.0 Å². The van der Waals surface area contributed by atoms with Gasteiger partial charge in [-0.05, 0) is 87.9 Å². The molecule has 0 heterocycles. The van der Waals surface area contributed by atoms with Crippen molar-refractivity contribution in [1.29, 1.82) is 0 Å². The zero-order chi connectivity index (χ0) is 26.1. The maximum absolute atomic E-state index is 13.1. The highest BCUT2D eigenvalue weighted by Crippen LogP contribution is 2.34. The largest absolute Gasteiger partial charge is 0.481 e. The lowest BCUT2D eigenvalue weighted by molar-refractivity contribution is -0.137. The number of hydrogen-bond donors (Lipinski definition) is 3. The van der Waals surface area contributed by atoms with Gasteiger partial charge in [0.1, 0.15) is 0 Å². The summed E-state index contributed by atoms with van der Waals surface area (Å²) in [5, 5.41) is 22.9. The predicted molar refractivity (Wildman–Crippen MR) is 133 cm³/mol. The molecule has 3 N–H and O–H groups in total. The van der Waals surface area contributed by atoms with Crippen LogP contribution in [0.25, 0.3) is 0 Å². The zero-order valence-corrected chi connectivity index (χ0v) is 21.3. The van der Waals surface area contributed by atoms with Crippen molar-refractivity contribution >= 4 is 17.9 Å². The Bertz CT molecular complexity index is 939. The summed E-state index contributed by atoms with van der Waals surface area (Å²) >= 11 is 1.20. The number of carbonyl (C=O) groups is 1. The van der Waals surface area contributed by atoms with E-state index in [1.807, 2.05) is 18.2 Å². The number of hydrogen-bond acceptors (Lipinski definition) is 5. The van der Waals surface area contributed by atoms with Crippen LogP contribution in [-0.4, -0.2) is 52.3 Å². The van der Waals surface area contributed by atoms with Gasteiger partial charge in [-0.3, -0.25) is 4.79 Å². The summed E-state index contributed by atoms with van der Waals surface area (Å²) in [6.07, 6.45) is -2.49. The molecule has 0 saturated carbocycles. The minimum absolute atomic E-state index is 0.00327. The van der Waals surface area contributed by atoms with Crippen LogP contribution >= 0.6 is 11.9 Å². The van der Waals surface area contributed by atoms with Gasteiger partial charge in [0.25, 0.3) is 0 Å². The number of likely N-dealkylation sites (N-methyl/N-ethyl adjacent to an activating group) is 1. The highest BCUT2D eigenvalue weighted by molar-refractivity contribution is 7.97. The Morgan fingerprint density at radius 2 is 1.80 bits per heavy atom. The summed E-state index contributed by atoms with van der Waals surface area (Å²) in [6.45, 7) is 4.86. The number of carboxylic acids is 1. The Hall–Kier alpha value is -2.07. The quantitative estimate of drug-likeness (QED) is 0.294. The first-order valence-electron chi connectivity index (χ1n) is 11.6. The van der Waals surface area contributed by atoms with Crippen LogP contribution in [0.3, 0.4) is 0 Å². The van der Waals surface area contributed by atoms with E-state index in [1.54, 1.807) is 11.4 Å². The molecule has 0 aliphatic heterocycles. The maximum Gasteiger partial charge on any atom is 0.416 e. The third-order valence-electron chi connectivity index (χ3n) is 5.64. The summed E-state index contributed by atoms with van der Waals surface area (Å²) < 4.78 is 41.1. The molecule has 0 amide bonds. The molecule has 0 aliphatic carbocycles. The van der Waals surface area contributed by atoms with Crippen molar-refractivity contribution in [3.63, 3.8) is 0 Å². The molecule has 2 aromatic carbocycles. The first-order chi connectivity index (χ1) is 16.4. The van der Waals surface area contributed by atoms with E-state index in [9.17, 15) is 23.1 Å². The van der Waals surface area contributed by atoms with E-state index in [0.717, 1.165) is 31.4 Å². The predicted octanol–water partition coefficient (Wildman–Crippen LogP) is 5.41. The van der Waals surface area contributed by atoms with Crippen LogP contribution in [0.4, 0.5) is 13.2 Å². The zero-order valence-electron chi connectivity index (χ0n) is 20.4. The Morgan fingerprint density at radius 3 is 2.43 bits per heavy atom. The number of halogens is 3. The molecular weight excluding hydrogens is 477 g/mol. The molecule has 0 aliphatic rings. The molecule has 0 unspecified atom stereocenters. The molecule has 0 saturated heterocycles. The van der Waals surface area contributed by atoms with Crippen molar-refractivity contribution in [2.45, 2.75) is 68.7 Å². The third-order valence-corrected chi connectivity index (χ3v) is 6.70. The Labute approximate surface area is 209 Å². The molecule has 35 heavy (non-hydrogen) atoms. The molecule has 2 rings (SSSR count). The number of aliphatic carboxylic acids is 1. The van der Waals surface area contributed by atoms with E-state index in [4.69, 9.17) is 5.11 Å². The van der Waals surface area contributed by atoms with Gasteiger partial charge in [0.05, 0.1) is 11.7 Å². The minimum Gasteiger partial charge on any atom is -0.481 e. The summed E-state index contributed by atoms with van der Waals surface area (Å²) in [5.41, 5.74) is 0.668. The number of alkyl halides is 3. The molecule has 0 fully saturated rings. The smallest absolute Gasteiger partial charge is 0.416 e. The van der Waals surface area contributed by atoms with E-state index < -0.39 is 23.8 Å². The number of nitrogens with zero attached hydrogens (tertiary/aromatic N) is 1. The van der Waals surface area contributed by atoms with E-state index >= 15 is 0 Å². The van der Waals surface area contributed by atoms with Crippen LogP contribution < -0.4 is 5.32 Å². The Kier molecular flexibility index (Phi) is 11.1. The topological polar surface area (TPSA) is 72.8 Å². The van der Waals surface area contributed by atoms with Crippen molar-refractivity contribution in [1.82, 2.24) is 9.62 Å². The first kappa shape index (κ1) is 29.2. The second-order valence-electron chi connectivity index (χ2n) is 9.37. The number of aryl methyl sites for hydroxylation is 2. The molecule has 1 atom stereocenters. The van der Waals surface area contributed by atoms with Gasteiger partial charge in [-0.25, -0.2) is 4.31 Å². The molecule has 5 nitrogen and oxygen atoms in total. The SMILES string of the molecule is CN(C[C@H](O)CNC(C)(C)CCCc1ccccc1)Sc1ccc(C(F)(F)F)cc1CCC(=O)O. The normalized spacial score (nSPS) is 13.3. The fraction of sp³-hybridized carbons (Fsp3) is 0.500. The minimum atomic E-state index is -4.50. The summed E-state index contributed by atoms with van der Waals surface area (Å²) in [6, 6.07) is 13.7. The van der Waals surface area contributed by atoms with Gasteiger partial charge in [-0.2, -0.15) is 13.2 Å². The monoisotopic (exact) mass is 512 g/mol. The fourth-order valence-electron chi connectivity index (χ4n) is 3.71. The number of benzene rings is 2. The highest BCUT2D eigenvalue weighted by Gasteiger charge is 2.31. The Morgan fingerprint density at radius 1 is 1.11 bits per heavy atom. The average molecular weight is 513 g/mol. The van der Waals surface area contributed by atoms with Crippen LogP contribution in [0, 0.1) is 0 Å². The molecular formula is C26H35F3N2O3S. The Balaban J connectivity index is 1.86. The number of rotatable bonds is 14. The lowest BCUT2D eigenvalue weighted by atomic mass is 9.95. The third kappa shape index (κ3) is 11.0. The van der Waals surface area contributed by atoms with Crippen LogP contribution in [0.15, 0.2) is 53.4 Å². The molecule has 9 heteroatoms. The van der Waals surface area contributed by atoms with Crippen LogP contribution in [-0.2, 0) is 23.8 Å². The van der Waals surface area contributed by atoms with Gasteiger partial charge in [0, 0.05) is 29.9 Å². The van der Waals surface area contributed by atoms with Crippen LogP contribution in [0.5, 0.6) is 0 Å². The van der Waals surface area contributed by atoms with Crippen molar-refractivity contribution in [3.05, 3.63) is 65.2 Å². The van der Waals surface area contributed by atoms with Gasteiger partial charge in [-0.15, -0.1) is 0 Å². The molecule has 2 aromatic rings. The summed E-state index contributed by atoms with van der Waals surface area (Å²) in [7, 11) is 1.75. The van der Waals surface area contributed by atoms with E-state index in [1.165, 1.54) is 23.6 Å². The lowest BCUT2D eigenvalue weighted by Gasteiger charge is -2.29. The number of aliphatic hydroxyl groups excluding tert-OH is 1. The molecule has 0 bridgehead atoms. The van der Waals surface area contributed by atoms with Gasteiger partial charge in [0.15, 0.2) is 0 Å². The number of nitrogens with one attached hydrogen (secondary N) is 1. The standard InChI is InChI=1S/C26H35F3N2O3S/c1-25(2,15-7-10-19-8-5-4-6-9-19)30-17-22(32)18-31(3)35-23-13-12-21(26(27,28)29)16-20(23)11-14-24(33)34/h4-6,8-9,12-13,16,22,30,32H,7,10-11,14-15,17-18H2,1-3H3,(H,33,34)/t22-/m1/s1. The second kappa shape index (κ2) is 13.3. The number of β-amino-alcohol motifs (C(OH)–C–C–N with tert-alkyl or cyclic N) is 1. The van der Waals surface area contributed by atoms with Gasteiger partial charge >= 0.3 is 12.1 Å². The van der Waals surface area contributed by atoms with Crippen LogP contribution in [0.1, 0.15) is 49.8 Å². The number of aliphatic hydroxyl groups is 1. The first-order valence-corrected chi connectivity index (χ1v) is 12.4. The lowest BCUT2D eigenvalue weighted by Crippen LogP contribution is -2.45. The summed E-state index contributed by atoms with van der Waals surface area (Å²) in [5.74, 6) is -1.07. The van der Waals surface area contributed by atoms with Gasteiger partial charge in [0.2, 0.25) is 0 Å². The molecule has 0 radical (unpaired) electrons. The number of carboxylic acid groups (broad SMARTS) is 1. The maximum atomic E-state index is 13.1. The van der Waals surface area contributed by atoms with E-state index in [2.05, 4.69) is 31.3 Å². The molecule has 0 spiro atoms. The van der Waals surface area contributed by atoms with Crippen molar-refractivity contribution in [2.24, 2.45) is 0 Å². The van der Waals surface area contributed by atoms with E-state index in [-0.39, 0.29) is 24.9 Å². The van der Waals surface area contributed by atoms with Crippen molar-refractivity contribution < 1.29 is 28.2 Å². The summed E-state index contributed by atoms with van der Waals surface area (Å²) in [4.78, 5) is 11.5. The molecule has 0 aromatic heterocycles. The highest BCUT2D eigenvalue weighted by atomic mass is 32.2. The van der Waals surface area contributed by atoms with Crippen molar-refractivity contribution in [3.8, 4) is 0 Å². The van der Waals surface area contributed by atoms with Crippen LogP contribution in [0.2, 0.25) is 0 Å². The van der Waals surface area contributed by atoms with Gasteiger partial charge < -0.3 is 15.5 Å². The average Bonchev–Trinajstić information content (AvgIpc) is 2.77. The van der Waals surface area contributed by atoms with Crippen molar-refractivity contribution in [2.75, 3.05) is 20.1 Å². The fourth-order valence-corrected chi connectivity index (χ4v) is 4.70. The molecule has 194 valence electrons. The van der Waals surface area contributed by atoms with Gasteiger partial charge in [-0.1, -0.05) is 30.3 Å². The second-order valence-corrected chi connectivity index (χ2v) is 10.6.